The van der Waals surface area contributed by atoms with Gasteiger partial charge in [-0.05, 0) is 0 Å². The summed E-state index contributed by atoms with van der Waals surface area (Å²) >= 11 is 0. The summed E-state index contributed by atoms with van der Waals surface area (Å²) in [5, 5.41) is 0. The smallest absolute Gasteiger partial charge is 0.155 e. The molecule has 1 aliphatic rings. The molecule has 0 N–H and O–H groups in total. The van der Waals surface area contributed by atoms with Gasteiger partial charge in [0.05, 0.1) is 24.7 Å². The highest BCUT2D eigenvalue weighted by Gasteiger charge is 2.15. The van der Waals surface area contributed by atoms with Gasteiger partial charge in [0, 0.05) is 0 Å². The molecular weight excluding hydrogens is 128 g/mol. The van der Waals surface area contributed by atoms with Crippen LogP contribution in [-0.2, 0) is 14.6 Å². The SMILES string of the molecule is O=S1(=O)C[CH]OCC1. The minimum Gasteiger partial charge on any atom is -0.373 e. The summed E-state index contributed by atoms with van der Waals surface area (Å²) in [7, 11) is -2.76. The molecule has 0 saturated carbocycles. The molecule has 4 heteroatoms. The van der Waals surface area contributed by atoms with Gasteiger partial charge in [0.2, 0.25) is 0 Å². The first-order valence-corrected chi connectivity index (χ1v) is 4.16. The van der Waals surface area contributed by atoms with Crippen molar-refractivity contribution < 1.29 is 13.2 Å². The largest absolute Gasteiger partial charge is 0.373 e. The van der Waals surface area contributed by atoms with Gasteiger partial charge in [-0.1, -0.05) is 0 Å². The third-order valence-corrected chi connectivity index (χ3v) is 2.38. The number of hydrogen-bond donors (Lipinski definition) is 0. The molecule has 3 nitrogen and oxygen atoms in total. The molecule has 0 bridgehead atoms. The first kappa shape index (κ1) is 6.04. The summed E-state index contributed by atoms with van der Waals surface area (Å²) in [6, 6.07) is 0. The van der Waals surface area contributed by atoms with E-state index >= 15 is 0 Å². The Bertz CT molecular complexity index is 146. The van der Waals surface area contributed by atoms with Gasteiger partial charge in [0.1, 0.15) is 0 Å². The van der Waals surface area contributed by atoms with Gasteiger partial charge in [0.25, 0.3) is 0 Å². The molecule has 0 aromatic rings. The Morgan fingerprint density at radius 3 is 2.50 bits per heavy atom. The van der Waals surface area contributed by atoms with Gasteiger partial charge >= 0.3 is 0 Å². The minimum atomic E-state index is -2.76. The molecule has 47 valence electrons. The summed E-state index contributed by atoms with van der Waals surface area (Å²) in [6.45, 7) is 1.65. The molecule has 1 saturated heterocycles. The third kappa shape index (κ3) is 1.45. The molecule has 0 aliphatic carbocycles. The fraction of sp³-hybridized carbons (Fsp3) is 0.750. The first-order chi connectivity index (χ1) is 3.71. The van der Waals surface area contributed by atoms with Crippen molar-refractivity contribution in [3.8, 4) is 0 Å². The zero-order valence-electron chi connectivity index (χ0n) is 4.33. The van der Waals surface area contributed by atoms with Crippen molar-refractivity contribution in [1.82, 2.24) is 0 Å². The van der Waals surface area contributed by atoms with Crippen molar-refractivity contribution in [3.63, 3.8) is 0 Å². The van der Waals surface area contributed by atoms with Crippen LogP contribution in [0, 0.1) is 6.61 Å². The van der Waals surface area contributed by atoms with Gasteiger partial charge < -0.3 is 4.74 Å². The zero-order valence-corrected chi connectivity index (χ0v) is 5.15. The molecule has 0 atom stereocenters. The number of ether oxygens (including phenoxy) is 1. The van der Waals surface area contributed by atoms with E-state index in [9.17, 15) is 8.42 Å². The maximum atomic E-state index is 10.5. The highest BCUT2D eigenvalue weighted by molar-refractivity contribution is 7.91. The predicted octanol–water partition coefficient (Wildman–Crippen LogP) is -0.407. The molecule has 1 fully saturated rings. The van der Waals surface area contributed by atoms with Crippen molar-refractivity contribution >= 4 is 9.84 Å². The molecule has 1 rings (SSSR count). The maximum absolute atomic E-state index is 10.5. The minimum absolute atomic E-state index is 0.0764. The second-order valence-electron chi connectivity index (χ2n) is 1.65. The summed E-state index contributed by atoms with van der Waals surface area (Å²) in [4.78, 5) is 0. The number of sulfone groups is 1. The second kappa shape index (κ2) is 2.03. The average Bonchev–Trinajstić information content (AvgIpc) is 1.65. The third-order valence-electron chi connectivity index (χ3n) is 0.952. The summed E-state index contributed by atoms with van der Waals surface area (Å²) < 4.78 is 25.8. The van der Waals surface area contributed by atoms with E-state index in [4.69, 9.17) is 4.74 Å². The second-order valence-corrected chi connectivity index (χ2v) is 3.88. The Balaban J connectivity index is 2.58. The topological polar surface area (TPSA) is 43.4 Å². The van der Waals surface area contributed by atoms with Gasteiger partial charge in [-0.3, -0.25) is 0 Å². The van der Waals surface area contributed by atoms with Gasteiger partial charge in [-0.2, -0.15) is 0 Å². The highest BCUT2D eigenvalue weighted by atomic mass is 32.2. The monoisotopic (exact) mass is 135 g/mol. The van der Waals surface area contributed by atoms with Crippen molar-refractivity contribution in [2.24, 2.45) is 0 Å². The van der Waals surface area contributed by atoms with Crippen LogP contribution in [0.1, 0.15) is 0 Å². The molecular formula is C4H7O3S. The molecule has 0 spiro atoms. The quantitative estimate of drug-likeness (QED) is 0.453. The lowest BCUT2D eigenvalue weighted by Crippen LogP contribution is -2.22. The molecule has 0 aromatic heterocycles. The Kier molecular flexibility index (Phi) is 1.53. The number of rotatable bonds is 0. The van der Waals surface area contributed by atoms with Crippen LogP contribution in [0.25, 0.3) is 0 Å². The van der Waals surface area contributed by atoms with Gasteiger partial charge in [0.15, 0.2) is 9.84 Å². The molecule has 0 amide bonds. The fourth-order valence-electron chi connectivity index (χ4n) is 0.494. The Morgan fingerprint density at radius 1 is 1.50 bits per heavy atom. The van der Waals surface area contributed by atoms with Crippen molar-refractivity contribution in [3.05, 3.63) is 6.61 Å². The first-order valence-electron chi connectivity index (χ1n) is 2.34. The van der Waals surface area contributed by atoms with Crippen LogP contribution in [0.4, 0.5) is 0 Å². The molecule has 1 radical (unpaired) electrons. The van der Waals surface area contributed by atoms with Crippen LogP contribution in [0.3, 0.4) is 0 Å². The van der Waals surface area contributed by atoms with E-state index in [0.717, 1.165) is 0 Å². The maximum Gasteiger partial charge on any atom is 0.155 e. The average molecular weight is 135 g/mol. The van der Waals surface area contributed by atoms with Gasteiger partial charge in [-0.15, -0.1) is 0 Å². The summed E-state index contributed by atoms with van der Waals surface area (Å²) in [5.74, 6) is 0.247. The normalized spacial score (nSPS) is 27.5. The molecule has 1 aliphatic heterocycles. The van der Waals surface area contributed by atoms with Crippen LogP contribution >= 0.6 is 0 Å². The van der Waals surface area contributed by atoms with Crippen LogP contribution < -0.4 is 0 Å². The standard InChI is InChI=1S/C4H7O3S/c5-8(6)3-1-7-2-4-8/h1H,2-4H2. The molecule has 0 aromatic carbocycles. The Morgan fingerprint density at radius 2 is 2.25 bits per heavy atom. The van der Waals surface area contributed by atoms with E-state index in [1.807, 2.05) is 0 Å². The highest BCUT2D eigenvalue weighted by Crippen LogP contribution is 2.00. The lowest BCUT2D eigenvalue weighted by atomic mass is 10.8. The van der Waals surface area contributed by atoms with E-state index in [-0.39, 0.29) is 11.5 Å². The molecule has 8 heavy (non-hydrogen) atoms. The predicted molar refractivity (Wildman–Crippen MR) is 28.9 cm³/mol. The van der Waals surface area contributed by atoms with Gasteiger partial charge in [-0.25, -0.2) is 8.42 Å². The van der Waals surface area contributed by atoms with Crippen LogP contribution in [-0.4, -0.2) is 26.5 Å². The van der Waals surface area contributed by atoms with E-state index in [0.29, 0.717) is 6.61 Å². The van der Waals surface area contributed by atoms with Crippen LogP contribution in [0.15, 0.2) is 0 Å². The van der Waals surface area contributed by atoms with Crippen molar-refractivity contribution in [2.75, 3.05) is 18.1 Å². The summed E-state index contributed by atoms with van der Waals surface area (Å²) in [5.41, 5.74) is 0. The van der Waals surface area contributed by atoms with E-state index in [1.54, 1.807) is 0 Å². The van der Waals surface area contributed by atoms with E-state index in [1.165, 1.54) is 6.61 Å². The molecule has 1 heterocycles. The number of hydrogen-bond acceptors (Lipinski definition) is 3. The zero-order chi connectivity index (χ0) is 6.04. The lowest BCUT2D eigenvalue weighted by Gasteiger charge is -2.09. The Labute approximate surface area is 48.6 Å². The van der Waals surface area contributed by atoms with E-state index < -0.39 is 9.84 Å². The van der Waals surface area contributed by atoms with Crippen molar-refractivity contribution in [2.45, 2.75) is 0 Å². The lowest BCUT2D eigenvalue weighted by molar-refractivity contribution is 0.215. The van der Waals surface area contributed by atoms with Crippen molar-refractivity contribution in [1.29, 1.82) is 0 Å². The van der Waals surface area contributed by atoms with E-state index in [2.05, 4.69) is 0 Å². The Hall–Kier alpha value is -0.0900. The molecule has 0 unspecified atom stereocenters. The fourth-order valence-corrected chi connectivity index (χ4v) is 1.31. The van der Waals surface area contributed by atoms with Crippen LogP contribution in [0.2, 0.25) is 0 Å². The van der Waals surface area contributed by atoms with Crippen LogP contribution in [0.5, 0.6) is 0 Å². The summed E-state index contributed by atoms with van der Waals surface area (Å²) in [6.07, 6.45) is 0.